The van der Waals surface area contributed by atoms with Crippen LogP contribution in [-0.2, 0) is 17.9 Å². The number of benzene rings is 2. The normalized spacial score (nSPS) is 10.2. The molecule has 0 aliphatic rings. The summed E-state index contributed by atoms with van der Waals surface area (Å²) >= 11 is 3.34. The molecule has 0 fully saturated rings. The minimum Gasteiger partial charge on any atom is -0.484 e. The quantitative estimate of drug-likeness (QED) is 0.842. The van der Waals surface area contributed by atoms with Gasteiger partial charge in [0.25, 0.3) is 5.91 Å². The third-order valence-corrected chi connectivity index (χ3v) is 3.35. The maximum atomic E-state index is 11.7. The lowest BCUT2D eigenvalue weighted by atomic mass is 10.1. The monoisotopic (exact) mass is 349 g/mol. The van der Waals surface area contributed by atoms with Gasteiger partial charge in [0.05, 0.1) is 6.61 Å². The number of hydrogen-bond donors (Lipinski definition) is 2. The zero-order valence-electron chi connectivity index (χ0n) is 11.4. The summed E-state index contributed by atoms with van der Waals surface area (Å²) in [4.78, 5) is 11.7. The van der Waals surface area contributed by atoms with Crippen molar-refractivity contribution in [3.63, 3.8) is 0 Å². The van der Waals surface area contributed by atoms with Gasteiger partial charge in [0.15, 0.2) is 6.61 Å². The Balaban J connectivity index is 1.76. The zero-order chi connectivity index (χ0) is 15.1. The molecule has 0 saturated heterocycles. The third kappa shape index (κ3) is 5.21. The van der Waals surface area contributed by atoms with Gasteiger partial charge in [0, 0.05) is 11.0 Å². The first-order valence-corrected chi connectivity index (χ1v) is 7.30. The highest BCUT2D eigenvalue weighted by atomic mass is 79.9. The zero-order valence-corrected chi connectivity index (χ0v) is 13.0. The van der Waals surface area contributed by atoms with Crippen molar-refractivity contribution < 1.29 is 14.6 Å². The fourth-order valence-corrected chi connectivity index (χ4v) is 2.10. The molecule has 0 aromatic heterocycles. The molecule has 5 heteroatoms. The SMILES string of the molecule is O=C(COc1cccc(Br)c1)NCc1ccc(CO)cc1. The molecule has 2 N–H and O–H groups in total. The molecule has 1 amide bonds. The van der Waals surface area contributed by atoms with Crippen molar-refractivity contribution in [2.75, 3.05) is 6.61 Å². The van der Waals surface area contributed by atoms with Crippen LogP contribution in [0.3, 0.4) is 0 Å². The van der Waals surface area contributed by atoms with E-state index >= 15 is 0 Å². The van der Waals surface area contributed by atoms with Gasteiger partial charge in [-0.1, -0.05) is 46.3 Å². The van der Waals surface area contributed by atoms with E-state index in [0.717, 1.165) is 15.6 Å². The Bertz CT molecular complexity index is 599. The number of nitrogens with one attached hydrogen (secondary N) is 1. The van der Waals surface area contributed by atoms with Crippen LogP contribution in [0.2, 0.25) is 0 Å². The van der Waals surface area contributed by atoms with Crippen molar-refractivity contribution in [1.29, 1.82) is 0 Å². The second-order valence-electron chi connectivity index (χ2n) is 4.50. The molecule has 0 radical (unpaired) electrons. The molecule has 0 spiro atoms. The number of hydrogen-bond acceptors (Lipinski definition) is 3. The van der Waals surface area contributed by atoms with Crippen molar-refractivity contribution in [2.45, 2.75) is 13.2 Å². The number of carbonyl (C=O) groups excluding carboxylic acids is 1. The standard InChI is InChI=1S/C16H16BrNO3/c17-14-2-1-3-15(8-14)21-11-16(20)18-9-12-4-6-13(10-19)7-5-12/h1-8,19H,9-11H2,(H,18,20). The van der Waals surface area contributed by atoms with Gasteiger partial charge in [-0.05, 0) is 29.3 Å². The molecule has 110 valence electrons. The second-order valence-corrected chi connectivity index (χ2v) is 5.41. The number of aliphatic hydroxyl groups is 1. The predicted molar refractivity (Wildman–Crippen MR) is 83.8 cm³/mol. The minimum absolute atomic E-state index is 0.0209. The molecule has 0 atom stereocenters. The van der Waals surface area contributed by atoms with Crippen LogP contribution in [0.1, 0.15) is 11.1 Å². The highest BCUT2D eigenvalue weighted by molar-refractivity contribution is 9.10. The van der Waals surface area contributed by atoms with E-state index in [1.54, 1.807) is 12.1 Å². The number of halogens is 1. The molecule has 4 nitrogen and oxygen atoms in total. The summed E-state index contributed by atoms with van der Waals surface area (Å²) in [7, 11) is 0. The van der Waals surface area contributed by atoms with Crippen molar-refractivity contribution in [1.82, 2.24) is 5.32 Å². The molecular formula is C16H16BrNO3. The van der Waals surface area contributed by atoms with E-state index in [2.05, 4.69) is 21.2 Å². The first-order valence-electron chi connectivity index (χ1n) is 6.51. The van der Waals surface area contributed by atoms with Gasteiger partial charge in [-0.15, -0.1) is 0 Å². The molecule has 0 saturated carbocycles. The van der Waals surface area contributed by atoms with Gasteiger partial charge in [-0.3, -0.25) is 4.79 Å². The van der Waals surface area contributed by atoms with E-state index in [1.807, 2.05) is 36.4 Å². The van der Waals surface area contributed by atoms with E-state index in [1.165, 1.54) is 0 Å². The molecule has 0 unspecified atom stereocenters. The Labute approximate surface area is 131 Å². The van der Waals surface area contributed by atoms with Gasteiger partial charge in [0.1, 0.15) is 5.75 Å². The van der Waals surface area contributed by atoms with Crippen LogP contribution >= 0.6 is 15.9 Å². The lowest BCUT2D eigenvalue weighted by Crippen LogP contribution is -2.28. The second kappa shape index (κ2) is 7.81. The highest BCUT2D eigenvalue weighted by Crippen LogP contribution is 2.17. The Morgan fingerprint density at radius 3 is 2.52 bits per heavy atom. The van der Waals surface area contributed by atoms with Crippen LogP contribution in [0, 0.1) is 0 Å². The van der Waals surface area contributed by atoms with Crippen LogP contribution in [0.15, 0.2) is 53.0 Å². The van der Waals surface area contributed by atoms with Gasteiger partial charge in [-0.25, -0.2) is 0 Å². The van der Waals surface area contributed by atoms with Gasteiger partial charge in [-0.2, -0.15) is 0 Å². The first kappa shape index (κ1) is 15.5. The minimum atomic E-state index is -0.179. The average molecular weight is 350 g/mol. The van der Waals surface area contributed by atoms with Crippen LogP contribution < -0.4 is 10.1 Å². The van der Waals surface area contributed by atoms with E-state index in [0.29, 0.717) is 12.3 Å². The van der Waals surface area contributed by atoms with Crippen molar-refractivity contribution in [3.8, 4) is 5.75 Å². The van der Waals surface area contributed by atoms with Crippen LogP contribution in [0.5, 0.6) is 5.75 Å². The Morgan fingerprint density at radius 1 is 1.14 bits per heavy atom. The predicted octanol–water partition coefficient (Wildman–Crippen LogP) is 2.64. The molecule has 2 rings (SSSR count). The van der Waals surface area contributed by atoms with E-state index < -0.39 is 0 Å². The number of carbonyl (C=O) groups is 1. The lowest BCUT2D eigenvalue weighted by Gasteiger charge is -2.08. The molecule has 0 heterocycles. The number of rotatable bonds is 6. The first-order chi connectivity index (χ1) is 10.2. The smallest absolute Gasteiger partial charge is 0.258 e. The summed E-state index contributed by atoms with van der Waals surface area (Å²) in [6.45, 7) is 0.435. The molecule has 2 aromatic rings. The fraction of sp³-hybridized carbons (Fsp3) is 0.188. The maximum Gasteiger partial charge on any atom is 0.258 e. The van der Waals surface area contributed by atoms with Gasteiger partial charge >= 0.3 is 0 Å². The Morgan fingerprint density at radius 2 is 1.86 bits per heavy atom. The molecule has 21 heavy (non-hydrogen) atoms. The van der Waals surface area contributed by atoms with Crippen molar-refractivity contribution >= 4 is 21.8 Å². The molecule has 0 aliphatic heterocycles. The largest absolute Gasteiger partial charge is 0.484 e. The topological polar surface area (TPSA) is 58.6 Å². The Kier molecular flexibility index (Phi) is 5.78. The van der Waals surface area contributed by atoms with E-state index in [9.17, 15) is 4.79 Å². The molecule has 2 aromatic carbocycles. The van der Waals surface area contributed by atoms with Crippen molar-refractivity contribution in [3.05, 3.63) is 64.1 Å². The summed E-state index contributed by atoms with van der Waals surface area (Å²) < 4.78 is 6.31. The lowest BCUT2D eigenvalue weighted by molar-refractivity contribution is -0.123. The fourth-order valence-electron chi connectivity index (χ4n) is 1.72. The van der Waals surface area contributed by atoms with E-state index in [4.69, 9.17) is 9.84 Å². The highest BCUT2D eigenvalue weighted by Gasteiger charge is 2.03. The summed E-state index contributed by atoms with van der Waals surface area (Å²) in [5, 5.41) is 11.7. The van der Waals surface area contributed by atoms with Crippen LogP contribution in [-0.4, -0.2) is 17.6 Å². The van der Waals surface area contributed by atoms with Crippen molar-refractivity contribution in [2.24, 2.45) is 0 Å². The Hall–Kier alpha value is -1.85. The van der Waals surface area contributed by atoms with Crippen LogP contribution in [0.4, 0.5) is 0 Å². The van der Waals surface area contributed by atoms with Gasteiger partial charge in [0.2, 0.25) is 0 Å². The number of aliphatic hydroxyl groups excluding tert-OH is 1. The summed E-state index contributed by atoms with van der Waals surface area (Å²) in [5.41, 5.74) is 1.83. The summed E-state index contributed by atoms with van der Waals surface area (Å²) in [6.07, 6.45) is 0. The summed E-state index contributed by atoms with van der Waals surface area (Å²) in [6, 6.07) is 14.8. The van der Waals surface area contributed by atoms with Crippen LogP contribution in [0.25, 0.3) is 0 Å². The molecule has 0 aliphatic carbocycles. The average Bonchev–Trinajstić information content (AvgIpc) is 2.51. The third-order valence-electron chi connectivity index (χ3n) is 2.86. The number of amides is 1. The maximum absolute atomic E-state index is 11.7. The number of ether oxygens (including phenoxy) is 1. The molecular weight excluding hydrogens is 334 g/mol. The van der Waals surface area contributed by atoms with E-state index in [-0.39, 0.29) is 19.1 Å². The molecule has 0 bridgehead atoms. The van der Waals surface area contributed by atoms with Gasteiger partial charge < -0.3 is 15.2 Å². The summed E-state index contributed by atoms with van der Waals surface area (Å²) in [5.74, 6) is 0.466.